The molecule has 4 rings (SSSR count). The maximum atomic E-state index is 12.3. The number of nitrogens with zero attached hydrogens (tertiary/aromatic N) is 3. The molecule has 6 atom stereocenters. The molecule has 0 aliphatic carbocycles. The summed E-state index contributed by atoms with van der Waals surface area (Å²) in [6.07, 6.45) is -5.25. The summed E-state index contributed by atoms with van der Waals surface area (Å²) in [5, 5.41) is 57.3. The third-order valence-corrected chi connectivity index (χ3v) is 7.24. The molecule has 15 heteroatoms. The average molecular weight is 634 g/mol. The molecule has 0 unspecified atom stereocenters. The molecule has 1 aromatic heterocycles. The van der Waals surface area contributed by atoms with E-state index < -0.39 is 67.0 Å². The minimum Gasteiger partial charge on any atom is -0.544 e. The van der Waals surface area contributed by atoms with Crippen LogP contribution in [-0.4, -0.2) is 97.5 Å². The molecule has 2 heterocycles. The zero-order valence-electron chi connectivity index (χ0n) is 25.3. The molecule has 0 radical (unpaired) electrons. The van der Waals surface area contributed by atoms with Gasteiger partial charge in [0, 0.05) is 38.9 Å². The summed E-state index contributed by atoms with van der Waals surface area (Å²) in [5.74, 6) is -5.38. The van der Waals surface area contributed by atoms with Crippen LogP contribution in [0.2, 0.25) is 0 Å². The molecule has 236 valence electrons. The number of aromatic nitrogens is 3. The van der Waals surface area contributed by atoms with Crippen molar-refractivity contribution in [3.63, 3.8) is 0 Å². The number of benzene rings is 2. The number of carbonyl (C=O) groups is 3. The molecule has 1 fully saturated rings. The second-order valence-corrected chi connectivity index (χ2v) is 10.6. The Labute approximate surface area is 282 Å². The molecule has 45 heavy (non-hydrogen) atoms. The van der Waals surface area contributed by atoms with Gasteiger partial charge < -0.3 is 45.3 Å². The number of ether oxygens (including phenoxy) is 2. The van der Waals surface area contributed by atoms with Crippen LogP contribution in [0.5, 0.6) is 0 Å². The first kappa shape index (κ1) is 36.3. The van der Waals surface area contributed by atoms with E-state index in [-0.39, 0.29) is 42.6 Å². The van der Waals surface area contributed by atoms with Crippen LogP contribution < -0.4 is 45.3 Å². The third kappa shape index (κ3) is 9.40. The van der Waals surface area contributed by atoms with Gasteiger partial charge in [-0.15, -0.1) is 5.10 Å². The Morgan fingerprint density at radius 2 is 1.71 bits per heavy atom. The first-order chi connectivity index (χ1) is 21.0. The third-order valence-electron chi connectivity index (χ3n) is 7.24. The van der Waals surface area contributed by atoms with Crippen LogP contribution in [0, 0.1) is 0 Å². The van der Waals surface area contributed by atoms with E-state index in [4.69, 9.17) is 9.47 Å². The summed E-state index contributed by atoms with van der Waals surface area (Å²) < 4.78 is 12.8. The Bertz CT molecular complexity index is 1420. The Morgan fingerprint density at radius 3 is 2.33 bits per heavy atom. The molecule has 0 saturated carbocycles. The fourth-order valence-corrected chi connectivity index (χ4v) is 5.00. The molecule has 0 bridgehead atoms. The van der Waals surface area contributed by atoms with Gasteiger partial charge in [-0.1, -0.05) is 59.8 Å². The number of hydrogen-bond acceptors (Lipinski definition) is 11. The van der Waals surface area contributed by atoms with Crippen molar-refractivity contribution < 1.29 is 73.8 Å². The summed E-state index contributed by atoms with van der Waals surface area (Å²) in [6, 6.07) is 16.5. The van der Waals surface area contributed by atoms with Crippen molar-refractivity contribution in [2.45, 2.75) is 69.5 Å². The van der Waals surface area contributed by atoms with E-state index in [9.17, 15) is 34.8 Å². The number of nitrogens with one attached hydrogen (secondary N) is 2. The van der Waals surface area contributed by atoms with E-state index in [1.165, 1.54) is 6.92 Å². The van der Waals surface area contributed by atoms with Gasteiger partial charge in [0.1, 0.15) is 23.9 Å². The maximum absolute atomic E-state index is 12.3. The average Bonchev–Trinajstić information content (AvgIpc) is 3.48. The fourth-order valence-electron chi connectivity index (χ4n) is 5.00. The number of rotatable bonds is 13. The normalized spacial score (nSPS) is 22.5. The summed E-state index contributed by atoms with van der Waals surface area (Å²) in [4.78, 5) is 35.3. The van der Waals surface area contributed by atoms with Crippen molar-refractivity contribution in [3.05, 3.63) is 60.8 Å². The van der Waals surface area contributed by atoms with Crippen LogP contribution in [0.3, 0.4) is 0 Å². The minimum absolute atomic E-state index is 0. The predicted octanol–water partition coefficient (Wildman–Crippen LogP) is -4.02. The van der Waals surface area contributed by atoms with Gasteiger partial charge in [-0.05, 0) is 17.5 Å². The molecule has 14 nitrogen and oxygen atoms in total. The molecule has 3 aromatic rings. The molecule has 1 aliphatic heterocycles. The van der Waals surface area contributed by atoms with Gasteiger partial charge in [-0.2, -0.15) is 0 Å². The quantitative estimate of drug-likeness (QED) is 0.0905. The van der Waals surface area contributed by atoms with E-state index in [1.807, 2.05) is 54.6 Å². The Hall–Kier alpha value is -3.21. The number of aliphatic hydroxyl groups is 3. The summed E-state index contributed by atoms with van der Waals surface area (Å²) in [6.45, 7) is 2.10. The van der Waals surface area contributed by atoms with Crippen LogP contribution in [0.25, 0.3) is 22.4 Å². The van der Waals surface area contributed by atoms with E-state index in [2.05, 4.69) is 20.9 Å². The van der Waals surface area contributed by atoms with Crippen molar-refractivity contribution in [1.82, 2.24) is 25.6 Å². The first-order valence-corrected chi connectivity index (χ1v) is 14.1. The zero-order chi connectivity index (χ0) is 31.9. The second kappa shape index (κ2) is 16.4. The number of carboxylic acids is 1. The number of aryl methyl sites for hydroxylation is 1. The SMILES string of the molecule is CC(=O)NC[C@@H](O)[C@@H](O)[C@@H]1O[C@@](OCCCn2cc(-c3ccc(-c4ccccc4)cc3)nn2)(C(=O)[O-])C[C@H](O)[C@H]1NC(C)=O.[Na+]. The van der Waals surface area contributed by atoms with Crippen molar-refractivity contribution in [3.8, 4) is 22.4 Å². The molecule has 1 saturated heterocycles. The number of carboxylic acid groups (broad SMARTS) is 1. The molecule has 2 aromatic carbocycles. The number of amides is 2. The van der Waals surface area contributed by atoms with Crippen molar-refractivity contribution in [1.29, 1.82) is 0 Å². The molecular formula is C30H36N5NaO9. The van der Waals surface area contributed by atoms with Crippen molar-refractivity contribution >= 4 is 17.8 Å². The van der Waals surface area contributed by atoms with Crippen molar-refractivity contribution in [2.75, 3.05) is 13.2 Å². The van der Waals surface area contributed by atoms with Gasteiger partial charge in [0.05, 0.1) is 31.1 Å². The summed E-state index contributed by atoms with van der Waals surface area (Å²) in [5.41, 5.74) is 3.68. The monoisotopic (exact) mass is 633 g/mol. The zero-order valence-corrected chi connectivity index (χ0v) is 27.3. The number of aliphatic hydroxyl groups excluding tert-OH is 3. The Morgan fingerprint density at radius 1 is 1.07 bits per heavy atom. The first-order valence-electron chi connectivity index (χ1n) is 14.1. The van der Waals surface area contributed by atoms with E-state index >= 15 is 0 Å². The fraction of sp³-hybridized carbons (Fsp3) is 0.433. The summed E-state index contributed by atoms with van der Waals surface area (Å²) >= 11 is 0. The summed E-state index contributed by atoms with van der Waals surface area (Å²) in [7, 11) is 0. The number of aliphatic carboxylic acids is 1. The number of hydrogen-bond donors (Lipinski definition) is 5. The smallest absolute Gasteiger partial charge is 0.544 e. The van der Waals surface area contributed by atoms with Crippen LogP contribution in [0.4, 0.5) is 0 Å². The molecule has 2 amide bonds. The van der Waals surface area contributed by atoms with Gasteiger partial charge in [0.2, 0.25) is 17.6 Å². The minimum atomic E-state index is -2.50. The van der Waals surface area contributed by atoms with E-state index in [0.29, 0.717) is 12.2 Å². The number of carbonyl (C=O) groups excluding carboxylic acids is 3. The van der Waals surface area contributed by atoms with Gasteiger partial charge in [-0.25, -0.2) is 0 Å². The van der Waals surface area contributed by atoms with Gasteiger partial charge in [0.25, 0.3) is 0 Å². The van der Waals surface area contributed by atoms with Gasteiger partial charge in [-0.3, -0.25) is 14.3 Å². The van der Waals surface area contributed by atoms with E-state index in [0.717, 1.165) is 23.6 Å². The van der Waals surface area contributed by atoms with Gasteiger partial charge >= 0.3 is 29.6 Å². The standard InChI is InChI=1S/C30H37N5O9.Na/c1-18(36)31-16-25(39)27(40)28-26(32-19(2)37)24(38)15-30(44-28,29(41)42)43-14-6-13-35-17-23(33-34-35)22-11-9-21(10-12-22)20-7-4-3-5-8-20;/h3-5,7-12,17,24-28,38-40H,6,13-16H2,1-2H3,(H,31,36)(H,32,37)(H,41,42);/q;+1/p-1/t24-,25+,26+,27+,28+,30+;/m0./s1. The topological polar surface area (TPSA) is 208 Å². The van der Waals surface area contributed by atoms with Crippen molar-refractivity contribution in [2.24, 2.45) is 0 Å². The van der Waals surface area contributed by atoms with Crippen LogP contribution in [0.1, 0.15) is 26.7 Å². The van der Waals surface area contributed by atoms with Crippen LogP contribution in [0.15, 0.2) is 60.8 Å². The predicted molar refractivity (Wildman–Crippen MR) is 153 cm³/mol. The Balaban J connectivity index is 0.00000552. The van der Waals surface area contributed by atoms with Gasteiger partial charge in [0.15, 0.2) is 0 Å². The molecule has 0 spiro atoms. The molecular weight excluding hydrogens is 597 g/mol. The van der Waals surface area contributed by atoms with Crippen LogP contribution >= 0.6 is 0 Å². The maximum Gasteiger partial charge on any atom is 1.00 e. The molecule has 1 aliphatic rings. The largest absolute Gasteiger partial charge is 1.00 e. The van der Waals surface area contributed by atoms with Crippen LogP contribution in [-0.2, 0) is 30.4 Å². The Kier molecular flexibility index (Phi) is 13.2. The molecule has 5 N–H and O–H groups in total. The van der Waals surface area contributed by atoms with E-state index in [1.54, 1.807) is 10.9 Å². The second-order valence-electron chi connectivity index (χ2n) is 10.6.